The van der Waals surface area contributed by atoms with Crippen molar-refractivity contribution in [2.24, 2.45) is 17.8 Å². The summed E-state index contributed by atoms with van der Waals surface area (Å²) in [6.45, 7) is 11.0. The average molecular weight is 397 g/mol. The maximum absolute atomic E-state index is 12.9. The van der Waals surface area contributed by atoms with Crippen molar-refractivity contribution in [1.29, 1.82) is 0 Å². The number of aromatic amines is 1. The Kier molecular flexibility index (Phi) is 5.25. The first-order chi connectivity index (χ1) is 14.0. The van der Waals surface area contributed by atoms with Crippen LogP contribution in [0.4, 0.5) is 4.79 Å². The standard InChI is InChI=1S/C21H27N5O3/c1-4-13(2)14(3)12-29-21(28)26-10-16-8-25(9-17(16)11-26)20(27)15-5-6-18-19(7-15)23-24-22-18/h5-7,13,16-17H,3-4,8-12H2,1-2H3,(H,22,23,24)/t13-,16-,17+/m1/s1. The summed E-state index contributed by atoms with van der Waals surface area (Å²) in [6.07, 6.45) is 0.704. The fourth-order valence-electron chi connectivity index (χ4n) is 4.14. The second kappa shape index (κ2) is 7.85. The van der Waals surface area contributed by atoms with Gasteiger partial charge < -0.3 is 14.5 Å². The van der Waals surface area contributed by atoms with E-state index in [1.807, 2.05) is 4.90 Å². The number of H-pyrrole nitrogens is 1. The molecule has 2 amide bonds. The lowest BCUT2D eigenvalue weighted by Crippen LogP contribution is -2.36. The number of benzene rings is 1. The van der Waals surface area contributed by atoms with E-state index < -0.39 is 0 Å². The molecule has 1 aromatic carbocycles. The Balaban J connectivity index is 1.31. The largest absolute Gasteiger partial charge is 0.445 e. The third-order valence-corrected chi connectivity index (χ3v) is 6.29. The summed E-state index contributed by atoms with van der Waals surface area (Å²) in [6, 6.07) is 5.35. The van der Waals surface area contributed by atoms with Crippen molar-refractivity contribution >= 4 is 23.0 Å². The van der Waals surface area contributed by atoms with Gasteiger partial charge in [-0.3, -0.25) is 4.79 Å². The molecule has 3 heterocycles. The lowest BCUT2D eigenvalue weighted by Gasteiger charge is -2.22. The van der Waals surface area contributed by atoms with Crippen LogP contribution in [-0.2, 0) is 4.74 Å². The molecular formula is C21H27N5O3. The number of nitrogens with one attached hydrogen (secondary N) is 1. The topological polar surface area (TPSA) is 91.4 Å². The quantitative estimate of drug-likeness (QED) is 0.784. The van der Waals surface area contributed by atoms with E-state index in [0.717, 1.165) is 17.5 Å². The van der Waals surface area contributed by atoms with Gasteiger partial charge in [-0.1, -0.05) is 20.4 Å². The van der Waals surface area contributed by atoms with Gasteiger partial charge in [0.2, 0.25) is 0 Å². The van der Waals surface area contributed by atoms with Gasteiger partial charge in [-0.25, -0.2) is 4.79 Å². The van der Waals surface area contributed by atoms with Crippen molar-refractivity contribution in [3.8, 4) is 0 Å². The Morgan fingerprint density at radius 3 is 2.52 bits per heavy atom. The fourth-order valence-corrected chi connectivity index (χ4v) is 4.14. The SMILES string of the molecule is C=C(COC(=O)N1C[C@@H]2CN(C(=O)c3ccc4n[nH]nc4c3)C[C@@H]2C1)[C@H](C)CC. The Morgan fingerprint density at radius 2 is 1.83 bits per heavy atom. The van der Waals surface area contributed by atoms with E-state index in [0.29, 0.717) is 55.0 Å². The number of hydrogen-bond acceptors (Lipinski definition) is 5. The van der Waals surface area contributed by atoms with E-state index in [4.69, 9.17) is 4.74 Å². The summed E-state index contributed by atoms with van der Waals surface area (Å²) >= 11 is 0. The first-order valence-electron chi connectivity index (χ1n) is 10.2. The maximum atomic E-state index is 12.9. The number of fused-ring (bicyclic) bond motifs is 2. The number of hydrogen-bond donors (Lipinski definition) is 1. The van der Waals surface area contributed by atoms with Crippen molar-refractivity contribution in [3.63, 3.8) is 0 Å². The van der Waals surface area contributed by atoms with Gasteiger partial charge in [-0.15, -0.1) is 0 Å². The third kappa shape index (κ3) is 3.83. The van der Waals surface area contributed by atoms with Crippen molar-refractivity contribution in [2.45, 2.75) is 20.3 Å². The first-order valence-corrected chi connectivity index (χ1v) is 10.2. The molecule has 0 aliphatic carbocycles. The first kappa shape index (κ1) is 19.4. The Labute approximate surface area is 169 Å². The zero-order valence-electron chi connectivity index (χ0n) is 16.9. The lowest BCUT2D eigenvalue weighted by molar-refractivity contribution is 0.0769. The molecule has 3 atom stereocenters. The van der Waals surface area contributed by atoms with Crippen LogP contribution >= 0.6 is 0 Å². The molecule has 0 spiro atoms. The Bertz CT molecular complexity index is 925. The average Bonchev–Trinajstić information content (AvgIpc) is 3.44. The summed E-state index contributed by atoms with van der Waals surface area (Å²) < 4.78 is 5.44. The van der Waals surface area contributed by atoms with Gasteiger partial charge in [0.25, 0.3) is 5.91 Å². The smallest absolute Gasteiger partial charge is 0.410 e. The van der Waals surface area contributed by atoms with Crippen LogP contribution in [0.25, 0.3) is 11.0 Å². The van der Waals surface area contributed by atoms with Crippen molar-refractivity contribution in [1.82, 2.24) is 25.2 Å². The van der Waals surface area contributed by atoms with Gasteiger partial charge in [0.05, 0.1) is 0 Å². The molecule has 8 heteroatoms. The molecule has 2 aliphatic heterocycles. The van der Waals surface area contributed by atoms with Gasteiger partial charge in [0, 0.05) is 43.6 Å². The summed E-state index contributed by atoms with van der Waals surface area (Å²) in [5, 5.41) is 10.6. The number of carbonyl (C=O) groups excluding carboxylic acids is 2. The molecule has 4 rings (SSSR count). The van der Waals surface area contributed by atoms with Gasteiger partial charge >= 0.3 is 6.09 Å². The third-order valence-electron chi connectivity index (χ3n) is 6.29. The molecule has 2 aliphatic rings. The molecule has 0 radical (unpaired) electrons. The van der Waals surface area contributed by atoms with Crippen LogP contribution in [-0.4, -0.2) is 70.0 Å². The van der Waals surface area contributed by atoms with Crippen LogP contribution in [0.3, 0.4) is 0 Å². The zero-order chi connectivity index (χ0) is 20.5. The van der Waals surface area contributed by atoms with Crippen LogP contribution < -0.4 is 0 Å². The fraction of sp³-hybridized carbons (Fsp3) is 0.524. The zero-order valence-corrected chi connectivity index (χ0v) is 16.9. The van der Waals surface area contributed by atoms with E-state index in [9.17, 15) is 9.59 Å². The minimum Gasteiger partial charge on any atom is -0.445 e. The monoisotopic (exact) mass is 397 g/mol. The van der Waals surface area contributed by atoms with Crippen LogP contribution in [0.2, 0.25) is 0 Å². The Morgan fingerprint density at radius 1 is 1.17 bits per heavy atom. The van der Waals surface area contributed by atoms with E-state index in [-0.39, 0.29) is 18.6 Å². The minimum absolute atomic E-state index is 0.00304. The van der Waals surface area contributed by atoms with E-state index >= 15 is 0 Å². The summed E-state index contributed by atoms with van der Waals surface area (Å²) in [7, 11) is 0. The minimum atomic E-state index is -0.279. The second-order valence-electron chi connectivity index (χ2n) is 8.18. The number of carbonyl (C=O) groups is 2. The van der Waals surface area contributed by atoms with Gasteiger partial charge in [-0.2, -0.15) is 15.4 Å². The summed E-state index contributed by atoms with van der Waals surface area (Å²) in [4.78, 5) is 28.9. The molecule has 2 fully saturated rings. The molecule has 2 saturated heterocycles. The molecule has 1 N–H and O–H groups in total. The number of ether oxygens (including phenoxy) is 1. The van der Waals surface area contributed by atoms with Gasteiger partial charge in [0.1, 0.15) is 17.6 Å². The van der Waals surface area contributed by atoms with Gasteiger partial charge in [-0.05, 0) is 36.1 Å². The second-order valence-corrected chi connectivity index (χ2v) is 8.18. The molecule has 1 aromatic heterocycles. The molecule has 8 nitrogen and oxygen atoms in total. The highest BCUT2D eigenvalue weighted by molar-refractivity contribution is 5.97. The highest BCUT2D eigenvalue weighted by atomic mass is 16.6. The number of rotatable bonds is 5. The van der Waals surface area contributed by atoms with Crippen molar-refractivity contribution in [3.05, 3.63) is 35.9 Å². The number of amides is 2. The highest BCUT2D eigenvalue weighted by Gasteiger charge is 2.43. The van der Waals surface area contributed by atoms with Crippen molar-refractivity contribution in [2.75, 3.05) is 32.8 Å². The number of likely N-dealkylation sites (tertiary alicyclic amines) is 2. The van der Waals surface area contributed by atoms with Gasteiger partial charge in [0.15, 0.2) is 0 Å². The van der Waals surface area contributed by atoms with Crippen molar-refractivity contribution < 1.29 is 14.3 Å². The van der Waals surface area contributed by atoms with Crippen LogP contribution in [0.5, 0.6) is 0 Å². The van der Waals surface area contributed by atoms with Crippen LogP contribution in [0.1, 0.15) is 30.6 Å². The molecule has 0 unspecified atom stereocenters. The predicted molar refractivity (Wildman–Crippen MR) is 108 cm³/mol. The number of nitrogens with zero attached hydrogens (tertiary/aromatic N) is 4. The molecule has 0 bridgehead atoms. The molecule has 2 aromatic rings. The normalized spacial score (nSPS) is 22.0. The maximum Gasteiger partial charge on any atom is 0.410 e. The van der Waals surface area contributed by atoms with E-state index in [1.165, 1.54) is 0 Å². The summed E-state index contributed by atoms with van der Waals surface area (Å²) in [5.74, 6) is 0.931. The number of aromatic nitrogens is 3. The Hall–Kier alpha value is -2.90. The predicted octanol–water partition coefficient (Wildman–Crippen LogP) is 2.70. The summed E-state index contributed by atoms with van der Waals surface area (Å²) in [5.41, 5.74) is 2.99. The lowest BCUT2D eigenvalue weighted by atomic mass is 10.0. The molecule has 0 saturated carbocycles. The van der Waals surface area contributed by atoms with Crippen LogP contribution in [0.15, 0.2) is 30.4 Å². The molecule has 29 heavy (non-hydrogen) atoms. The van der Waals surface area contributed by atoms with E-state index in [1.54, 1.807) is 23.1 Å². The molecule has 154 valence electrons. The van der Waals surface area contributed by atoms with Crippen LogP contribution in [0, 0.1) is 17.8 Å². The molecular weight excluding hydrogens is 370 g/mol. The highest BCUT2D eigenvalue weighted by Crippen LogP contribution is 2.32. The van der Waals surface area contributed by atoms with E-state index in [2.05, 4.69) is 35.8 Å².